The number of aromatic nitrogens is 3. The lowest BCUT2D eigenvalue weighted by atomic mass is 10.4. The lowest BCUT2D eigenvalue weighted by Crippen LogP contribution is -2.13. The van der Waals surface area contributed by atoms with E-state index in [2.05, 4.69) is 14.7 Å². The number of Topliss-reactive ketones (excluding diaryl/α,β-unsaturated/α-hetero) is 1. The van der Waals surface area contributed by atoms with Crippen molar-refractivity contribution in [1.29, 1.82) is 0 Å². The molecule has 0 aliphatic carbocycles. The van der Waals surface area contributed by atoms with Gasteiger partial charge in [0, 0.05) is 25.5 Å². The third kappa shape index (κ3) is 2.82. The standard InChI is InChI=1S/C10H12N4O3S2/c1-6(15)8-5-18-10(12-8)13-19(16,17)9-4-14(3)7(2)11-9/h4-5H,1-3H3,(H,12,13). The Labute approximate surface area is 114 Å². The Morgan fingerprint density at radius 1 is 1.42 bits per heavy atom. The van der Waals surface area contributed by atoms with Crippen LogP contribution in [-0.2, 0) is 17.1 Å². The highest BCUT2D eigenvalue weighted by molar-refractivity contribution is 7.92. The number of carbonyl (C=O) groups is 1. The summed E-state index contributed by atoms with van der Waals surface area (Å²) < 4.78 is 28.0. The van der Waals surface area contributed by atoms with Gasteiger partial charge in [0.1, 0.15) is 11.5 Å². The largest absolute Gasteiger partial charge is 0.337 e. The van der Waals surface area contributed by atoms with Gasteiger partial charge >= 0.3 is 0 Å². The minimum Gasteiger partial charge on any atom is -0.337 e. The minimum atomic E-state index is -3.77. The first-order valence-corrected chi connectivity index (χ1v) is 7.65. The highest BCUT2D eigenvalue weighted by Gasteiger charge is 2.20. The van der Waals surface area contributed by atoms with Gasteiger partial charge in [0.15, 0.2) is 15.9 Å². The summed E-state index contributed by atoms with van der Waals surface area (Å²) in [6, 6.07) is 0. The van der Waals surface area contributed by atoms with Crippen LogP contribution < -0.4 is 4.72 Å². The third-order valence-electron chi connectivity index (χ3n) is 2.45. The zero-order valence-electron chi connectivity index (χ0n) is 10.5. The molecule has 0 atom stereocenters. The van der Waals surface area contributed by atoms with Crippen molar-refractivity contribution in [1.82, 2.24) is 14.5 Å². The van der Waals surface area contributed by atoms with Crippen LogP contribution in [0.4, 0.5) is 5.13 Å². The Morgan fingerprint density at radius 2 is 2.11 bits per heavy atom. The Hall–Kier alpha value is -1.74. The zero-order valence-corrected chi connectivity index (χ0v) is 12.2. The van der Waals surface area contributed by atoms with E-state index >= 15 is 0 Å². The van der Waals surface area contributed by atoms with Gasteiger partial charge in [-0.25, -0.2) is 9.97 Å². The first kappa shape index (κ1) is 13.7. The van der Waals surface area contributed by atoms with E-state index in [1.54, 1.807) is 18.5 Å². The molecule has 2 aromatic rings. The Balaban J connectivity index is 2.28. The first-order valence-electron chi connectivity index (χ1n) is 5.29. The van der Waals surface area contributed by atoms with Crippen molar-refractivity contribution in [3.05, 3.63) is 23.1 Å². The molecule has 9 heteroatoms. The first-order chi connectivity index (χ1) is 8.79. The molecule has 0 aliphatic heterocycles. The molecule has 2 rings (SSSR count). The van der Waals surface area contributed by atoms with Gasteiger partial charge in [-0.2, -0.15) is 8.42 Å². The maximum absolute atomic E-state index is 12.0. The van der Waals surface area contributed by atoms with E-state index in [4.69, 9.17) is 0 Å². The smallest absolute Gasteiger partial charge is 0.282 e. The van der Waals surface area contributed by atoms with Crippen LogP contribution in [0.2, 0.25) is 0 Å². The highest BCUT2D eigenvalue weighted by atomic mass is 32.2. The van der Waals surface area contributed by atoms with Gasteiger partial charge in [0.2, 0.25) is 0 Å². The average Bonchev–Trinajstić information content (AvgIpc) is 2.87. The Bertz CT molecular complexity index is 710. The maximum Gasteiger partial charge on any atom is 0.282 e. The molecule has 7 nitrogen and oxygen atoms in total. The van der Waals surface area contributed by atoms with Crippen molar-refractivity contribution in [2.24, 2.45) is 7.05 Å². The fraction of sp³-hybridized carbons (Fsp3) is 0.300. The number of ketones is 1. The van der Waals surface area contributed by atoms with Gasteiger partial charge in [-0.05, 0) is 6.92 Å². The quantitative estimate of drug-likeness (QED) is 0.856. The van der Waals surface area contributed by atoms with Crippen molar-refractivity contribution < 1.29 is 13.2 Å². The number of hydrogen-bond donors (Lipinski definition) is 1. The summed E-state index contributed by atoms with van der Waals surface area (Å²) in [6.07, 6.45) is 1.41. The van der Waals surface area contributed by atoms with Crippen molar-refractivity contribution >= 4 is 32.3 Å². The fourth-order valence-electron chi connectivity index (χ4n) is 1.31. The van der Waals surface area contributed by atoms with Crippen molar-refractivity contribution in [2.45, 2.75) is 18.9 Å². The van der Waals surface area contributed by atoms with E-state index in [1.807, 2.05) is 0 Å². The number of hydrogen-bond acceptors (Lipinski definition) is 6. The minimum absolute atomic E-state index is 0.0768. The summed E-state index contributed by atoms with van der Waals surface area (Å²) in [7, 11) is -2.07. The number of sulfonamides is 1. The van der Waals surface area contributed by atoms with Gasteiger partial charge < -0.3 is 4.57 Å². The maximum atomic E-state index is 12.0. The molecule has 0 bridgehead atoms. The molecule has 2 aromatic heterocycles. The molecule has 19 heavy (non-hydrogen) atoms. The second-order valence-electron chi connectivity index (χ2n) is 3.94. The van der Waals surface area contributed by atoms with Crippen molar-refractivity contribution in [3.63, 3.8) is 0 Å². The second kappa shape index (κ2) is 4.74. The summed E-state index contributed by atoms with van der Waals surface area (Å²) in [5.41, 5.74) is 0.236. The van der Waals surface area contributed by atoms with Crippen molar-refractivity contribution in [3.8, 4) is 0 Å². The molecule has 0 spiro atoms. The van der Waals surface area contributed by atoms with Crippen LogP contribution in [0.5, 0.6) is 0 Å². The van der Waals surface area contributed by atoms with Crippen LogP contribution >= 0.6 is 11.3 Å². The molecule has 0 saturated heterocycles. The molecular weight excluding hydrogens is 288 g/mol. The van der Waals surface area contributed by atoms with Crippen LogP contribution in [0.25, 0.3) is 0 Å². The van der Waals surface area contributed by atoms with E-state index in [1.165, 1.54) is 18.5 Å². The molecule has 0 aliphatic rings. The van der Waals surface area contributed by atoms with E-state index in [9.17, 15) is 13.2 Å². The average molecular weight is 300 g/mol. The Morgan fingerprint density at radius 3 is 2.58 bits per heavy atom. The van der Waals surface area contributed by atoms with Gasteiger partial charge in [-0.15, -0.1) is 11.3 Å². The van der Waals surface area contributed by atoms with Gasteiger partial charge in [-0.3, -0.25) is 9.52 Å². The van der Waals surface area contributed by atoms with Gasteiger partial charge in [0.25, 0.3) is 10.0 Å². The fourth-order valence-corrected chi connectivity index (χ4v) is 3.35. The number of rotatable bonds is 4. The van der Waals surface area contributed by atoms with Crippen LogP contribution in [0, 0.1) is 6.92 Å². The molecular formula is C10H12N4O3S2. The second-order valence-corrected chi connectivity index (χ2v) is 6.42. The summed E-state index contributed by atoms with van der Waals surface area (Å²) in [4.78, 5) is 18.9. The number of nitrogens with one attached hydrogen (secondary N) is 1. The molecule has 0 aromatic carbocycles. The lowest BCUT2D eigenvalue weighted by molar-refractivity contribution is 0.101. The molecule has 0 saturated carbocycles. The predicted molar refractivity (Wildman–Crippen MR) is 70.9 cm³/mol. The lowest BCUT2D eigenvalue weighted by Gasteiger charge is -2.00. The number of anilines is 1. The molecule has 0 radical (unpaired) electrons. The van der Waals surface area contributed by atoms with Crippen molar-refractivity contribution in [2.75, 3.05) is 4.72 Å². The van der Waals surface area contributed by atoms with Crippen LogP contribution in [0.15, 0.2) is 16.6 Å². The normalized spacial score (nSPS) is 11.5. The molecule has 0 fully saturated rings. The van der Waals surface area contributed by atoms with E-state index < -0.39 is 10.0 Å². The van der Waals surface area contributed by atoms with E-state index in [0.29, 0.717) is 5.82 Å². The van der Waals surface area contributed by atoms with Crippen LogP contribution in [0.1, 0.15) is 23.2 Å². The summed E-state index contributed by atoms with van der Waals surface area (Å²) >= 11 is 1.05. The number of carbonyl (C=O) groups excluding carboxylic acids is 1. The number of imidazole rings is 1. The van der Waals surface area contributed by atoms with Gasteiger partial charge in [-0.1, -0.05) is 0 Å². The number of thiazole rings is 1. The molecule has 1 N–H and O–H groups in total. The number of nitrogens with zero attached hydrogens (tertiary/aromatic N) is 3. The molecule has 0 amide bonds. The van der Waals surface area contributed by atoms with Crippen LogP contribution in [-0.4, -0.2) is 28.7 Å². The Kier molecular flexibility index (Phi) is 3.42. The summed E-state index contributed by atoms with van der Waals surface area (Å²) in [5, 5.41) is 1.57. The van der Waals surface area contributed by atoms with E-state index in [-0.39, 0.29) is 21.6 Å². The van der Waals surface area contributed by atoms with Gasteiger partial charge in [0.05, 0.1) is 0 Å². The van der Waals surface area contributed by atoms with Crippen LogP contribution in [0.3, 0.4) is 0 Å². The zero-order chi connectivity index (χ0) is 14.2. The third-order valence-corrected chi connectivity index (χ3v) is 4.54. The molecule has 102 valence electrons. The summed E-state index contributed by atoms with van der Waals surface area (Å²) in [5.74, 6) is 0.374. The number of aryl methyl sites for hydroxylation is 2. The monoisotopic (exact) mass is 300 g/mol. The van der Waals surface area contributed by atoms with E-state index in [0.717, 1.165) is 11.3 Å². The highest BCUT2D eigenvalue weighted by Crippen LogP contribution is 2.20. The summed E-state index contributed by atoms with van der Waals surface area (Å²) in [6.45, 7) is 3.08. The molecule has 0 unspecified atom stereocenters. The topological polar surface area (TPSA) is 94.0 Å². The SMILES string of the molecule is CC(=O)c1csc(NS(=O)(=O)c2cn(C)c(C)n2)n1. The molecule has 2 heterocycles. The predicted octanol–water partition coefficient (Wildman–Crippen LogP) is 1.19.